The molecule has 1 heterocycles. The maximum atomic E-state index is 10.3. The summed E-state index contributed by atoms with van der Waals surface area (Å²) in [5.41, 5.74) is 0. The van der Waals surface area contributed by atoms with Crippen molar-refractivity contribution in [2.45, 2.75) is 19.6 Å². The van der Waals surface area contributed by atoms with Crippen molar-refractivity contribution in [1.82, 2.24) is 9.78 Å². The van der Waals surface area contributed by atoms with Crippen molar-refractivity contribution in [3.8, 4) is 0 Å². The van der Waals surface area contributed by atoms with Crippen molar-refractivity contribution in [2.75, 3.05) is 0 Å². The summed E-state index contributed by atoms with van der Waals surface area (Å²) in [4.78, 5) is 9.64. The summed E-state index contributed by atoms with van der Waals surface area (Å²) in [6, 6.07) is 0. The van der Waals surface area contributed by atoms with Gasteiger partial charge in [-0.2, -0.15) is 4.68 Å². The van der Waals surface area contributed by atoms with Crippen molar-refractivity contribution in [3.63, 3.8) is 0 Å². The first-order valence-electron chi connectivity index (χ1n) is 3.56. The number of halogens is 1. The highest BCUT2D eigenvalue weighted by Crippen LogP contribution is 2.21. The largest absolute Gasteiger partial charge is 0.408 e. The predicted molar refractivity (Wildman–Crippen MR) is 45.6 cm³/mol. The highest BCUT2D eigenvalue weighted by molar-refractivity contribution is 6.32. The molecule has 0 spiro atoms. The predicted octanol–water partition coefficient (Wildman–Crippen LogP) is 0.825. The zero-order valence-electron chi connectivity index (χ0n) is 6.85. The van der Waals surface area contributed by atoms with Crippen LogP contribution in [0.15, 0.2) is 6.20 Å². The van der Waals surface area contributed by atoms with E-state index in [9.17, 15) is 10.1 Å². The maximum Gasteiger partial charge on any atom is 0.408 e. The van der Waals surface area contributed by atoms with Gasteiger partial charge in [0, 0.05) is 0 Å². The van der Waals surface area contributed by atoms with Gasteiger partial charge in [0.25, 0.3) is 0 Å². The van der Waals surface area contributed by atoms with Gasteiger partial charge in [0.15, 0.2) is 5.02 Å². The van der Waals surface area contributed by atoms with Crippen molar-refractivity contribution in [3.05, 3.63) is 21.3 Å². The molecule has 6 nitrogen and oxygen atoms in total. The molecule has 72 valence electrons. The highest BCUT2D eigenvalue weighted by atomic mass is 35.5. The number of aliphatic hydroxyl groups excluding tert-OH is 1. The van der Waals surface area contributed by atoms with Crippen LogP contribution >= 0.6 is 11.6 Å². The summed E-state index contributed by atoms with van der Waals surface area (Å²) >= 11 is 5.52. The number of nitro groups is 1. The van der Waals surface area contributed by atoms with Crippen LogP contribution in [-0.4, -0.2) is 25.9 Å². The average molecular weight is 206 g/mol. The summed E-state index contributed by atoms with van der Waals surface area (Å²) in [6.07, 6.45) is 0.697. The summed E-state index contributed by atoms with van der Waals surface area (Å²) in [5, 5.41) is 22.8. The molecule has 0 aromatic carbocycles. The Bertz CT molecular complexity index is 323. The first-order valence-corrected chi connectivity index (χ1v) is 3.94. The topological polar surface area (TPSA) is 81.2 Å². The minimum atomic E-state index is -0.666. The van der Waals surface area contributed by atoms with E-state index in [0.717, 1.165) is 0 Å². The summed E-state index contributed by atoms with van der Waals surface area (Å²) < 4.78 is 1.24. The molecule has 0 bridgehead atoms. The van der Waals surface area contributed by atoms with E-state index in [-0.39, 0.29) is 17.4 Å². The Morgan fingerprint density at radius 2 is 2.54 bits per heavy atom. The monoisotopic (exact) mass is 205 g/mol. The van der Waals surface area contributed by atoms with Gasteiger partial charge in [-0.1, -0.05) is 11.6 Å². The van der Waals surface area contributed by atoms with E-state index in [1.54, 1.807) is 6.92 Å². The lowest BCUT2D eigenvalue weighted by Crippen LogP contribution is -2.12. The van der Waals surface area contributed by atoms with E-state index in [1.165, 1.54) is 10.9 Å². The van der Waals surface area contributed by atoms with Crippen molar-refractivity contribution in [2.24, 2.45) is 0 Å². The Morgan fingerprint density at radius 3 is 2.92 bits per heavy atom. The molecule has 1 aromatic rings. The second-order valence-electron chi connectivity index (χ2n) is 2.63. The fourth-order valence-corrected chi connectivity index (χ4v) is 1.09. The zero-order chi connectivity index (χ0) is 10.0. The fourth-order valence-electron chi connectivity index (χ4n) is 0.875. The molecule has 0 aliphatic carbocycles. The first kappa shape index (κ1) is 9.94. The van der Waals surface area contributed by atoms with E-state index in [1.807, 2.05) is 0 Å². The van der Waals surface area contributed by atoms with Crippen LogP contribution in [0.25, 0.3) is 0 Å². The smallest absolute Gasteiger partial charge is 0.391 e. The molecule has 1 rings (SSSR count). The van der Waals surface area contributed by atoms with Gasteiger partial charge in [0.2, 0.25) is 0 Å². The van der Waals surface area contributed by atoms with E-state index < -0.39 is 11.0 Å². The van der Waals surface area contributed by atoms with Crippen LogP contribution in [0.5, 0.6) is 0 Å². The molecule has 0 radical (unpaired) electrons. The van der Waals surface area contributed by atoms with E-state index in [2.05, 4.69) is 5.10 Å². The maximum absolute atomic E-state index is 10.3. The third-order valence-corrected chi connectivity index (χ3v) is 1.59. The van der Waals surface area contributed by atoms with Gasteiger partial charge in [-0.3, -0.25) is 0 Å². The van der Waals surface area contributed by atoms with E-state index in [0.29, 0.717) is 0 Å². The van der Waals surface area contributed by atoms with Crippen molar-refractivity contribution < 1.29 is 10.0 Å². The molecule has 0 saturated carbocycles. The van der Waals surface area contributed by atoms with E-state index >= 15 is 0 Å². The molecule has 0 aliphatic heterocycles. The lowest BCUT2D eigenvalue weighted by atomic mass is 10.4. The Labute approximate surface area is 78.9 Å². The molecule has 0 amide bonds. The molecular weight excluding hydrogens is 198 g/mol. The Morgan fingerprint density at radius 1 is 1.92 bits per heavy atom. The number of aromatic nitrogens is 2. The second kappa shape index (κ2) is 3.71. The quantitative estimate of drug-likeness (QED) is 0.585. The number of hydrogen-bond acceptors (Lipinski definition) is 4. The summed E-state index contributed by atoms with van der Waals surface area (Å²) in [5.74, 6) is -0.387. The van der Waals surface area contributed by atoms with Gasteiger partial charge in [-0.25, -0.2) is 0 Å². The zero-order valence-corrected chi connectivity index (χ0v) is 7.60. The lowest BCUT2D eigenvalue weighted by molar-refractivity contribution is -0.389. The lowest BCUT2D eigenvalue weighted by Gasteiger charge is -1.98. The van der Waals surface area contributed by atoms with Gasteiger partial charge in [-0.15, -0.1) is 0 Å². The highest BCUT2D eigenvalue weighted by Gasteiger charge is 2.19. The van der Waals surface area contributed by atoms with Gasteiger partial charge in [-0.05, 0) is 11.8 Å². The minimum Gasteiger partial charge on any atom is -0.391 e. The van der Waals surface area contributed by atoms with Crippen LogP contribution in [0, 0.1) is 10.1 Å². The number of aliphatic hydroxyl groups is 1. The first-order chi connectivity index (χ1) is 6.00. The number of hydrogen-bond donors (Lipinski definition) is 1. The molecule has 1 aromatic heterocycles. The number of rotatable bonds is 3. The molecule has 13 heavy (non-hydrogen) atoms. The van der Waals surface area contributed by atoms with Gasteiger partial charge >= 0.3 is 5.82 Å². The van der Waals surface area contributed by atoms with Crippen LogP contribution < -0.4 is 0 Å². The van der Waals surface area contributed by atoms with Crippen LogP contribution in [-0.2, 0) is 6.54 Å². The Hall–Kier alpha value is -1.14. The van der Waals surface area contributed by atoms with Gasteiger partial charge < -0.3 is 15.2 Å². The summed E-state index contributed by atoms with van der Waals surface area (Å²) in [7, 11) is 0. The van der Waals surface area contributed by atoms with Crippen LogP contribution in [0.1, 0.15) is 6.92 Å². The third-order valence-electron chi connectivity index (χ3n) is 1.32. The third kappa shape index (κ3) is 2.40. The number of nitrogens with zero attached hydrogens (tertiary/aromatic N) is 3. The SMILES string of the molecule is CC(O)Cn1cc(Cl)c([N+](=O)[O-])n1. The molecule has 0 aliphatic rings. The van der Waals surface area contributed by atoms with Crippen molar-refractivity contribution >= 4 is 17.4 Å². The minimum absolute atomic E-state index is 0.0225. The van der Waals surface area contributed by atoms with Crippen LogP contribution in [0.3, 0.4) is 0 Å². The van der Waals surface area contributed by atoms with Crippen LogP contribution in [0.4, 0.5) is 5.82 Å². The molecule has 7 heteroatoms. The van der Waals surface area contributed by atoms with E-state index in [4.69, 9.17) is 16.7 Å². The Kier molecular flexibility index (Phi) is 2.84. The summed E-state index contributed by atoms with van der Waals surface area (Å²) in [6.45, 7) is 1.75. The second-order valence-corrected chi connectivity index (χ2v) is 3.04. The normalized spacial score (nSPS) is 12.8. The molecule has 0 saturated heterocycles. The van der Waals surface area contributed by atoms with Crippen LogP contribution in [0.2, 0.25) is 5.02 Å². The fraction of sp³-hybridized carbons (Fsp3) is 0.500. The van der Waals surface area contributed by atoms with Crippen molar-refractivity contribution in [1.29, 1.82) is 0 Å². The molecule has 1 unspecified atom stereocenters. The molecule has 1 N–H and O–H groups in total. The molecular formula is C6H8ClN3O3. The van der Waals surface area contributed by atoms with Gasteiger partial charge in [0.05, 0.1) is 23.9 Å². The Balaban J connectivity index is 2.89. The standard InChI is InChI=1S/C6H8ClN3O3/c1-4(11)2-9-3-5(7)6(8-9)10(12)13/h3-4,11H,2H2,1H3. The average Bonchev–Trinajstić information content (AvgIpc) is 2.29. The van der Waals surface area contributed by atoms with Gasteiger partial charge in [0.1, 0.15) is 0 Å². The molecule has 1 atom stereocenters. The molecule has 0 fully saturated rings.